The fraction of sp³-hybridized carbons (Fsp3) is 0.650. The molecule has 1 aromatic carbocycles. The van der Waals surface area contributed by atoms with Gasteiger partial charge in [0, 0.05) is 17.9 Å². The summed E-state index contributed by atoms with van der Waals surface area (Å²) >= 11 is 5.63. The summed E-state index contributed by atoms with van der Waals surface area (Å²) < 4.78 is 12.3. The highest BCUT2D eigenvalue weighted by atomic mass is 32.1. The van der Waals surface area contributed by atoms with E-state index in [1.54, 1.807) is 0 Å². The van der Waals surface area contributed by atoms with Crippen LogP contribution in [0.4, 0.5) is 0 Å². The second-order valence-corrected chi connectivity index (χ2v) is 8.25. The van der Waals surface area contributed by atoms with Gasteiger partial charge < -0.3 is 14.4 Å². The number of para-hydroxylation sites is 1. The van der Waals surface area contributed by atoms with Gasteiger partial charge in [-0.1, -0.05) is 30.4 Å². The molecule has 0 amide bonds. The van der Waals surface area contributed by atoms with Crippen LogP contribution in [0.5, 0.6) is 5.75 Å². The minimum Gasteiger partial charge on any atom is -0.486 e. The zero-order valence-electron chi connectivity index (χ0n) is 15.4. The molecule has 4 aliphatic rings. The molecule has 2 unspecified atom stereocenters. The molecule has 0 spiro atoms. The van der Waals surface area contributed by atoms with Crippen molar-refractivity contribution in [3.63, 3.8) is 0 Å². The lowest BCUT2D eigenvalue weighted by Gasteiger charge is -2.39. The SMILES string of the molecule is O=[N+]([O-])C1CCCN2C(=S)COc3ccccc3C3CCC(CC3)OCC12. The highest BCUT2D eigenvalue weighted by Gasteiger charge is 2.41. The number of piperidine rings is 1. The Hall–Kier alpha value is -1.73. The maximum atomic E-state index is 11.6. The predicted octanol–water partition coefficient (Wildman–Crippen LogP) is 3.56. The van der Waals surface area contributed by atoms with Crippen LogP contribution in [0.1, 0.15) is 50.0 Å². The molecule has 1 saturated heterocycles. The van der Waals surface area contributed by atoms with Gasteiger partial charge in [-0.15, -0.1) is 0 Å². The lowest BCUT2D eigenvalue weighted by atomic mass is 9.82. The van der Waals surface area contributed by atoms with Gasteiger partial charge in [-0.3, -0.25) is 10.1 Å². The standard InChI is InChI=1S/C20H26N2O4S/c23-22(24)17-5-3-11-21-18(17)12-25-15-9-7-14(8-10-15)16-4-1-2-6-19(16)26-13-20(21)27/h1-2,4,6,14-15,17-18H,3,5,7-13H2. The van der Waals surface area contributed by atoms with E-state index < -0.39 is 6.04 Å². The average molecular weight is 391 g/mol. The van der Waals surface area contributed by atoms with Crippen molar-refractivity contribution in [2.45, 2.75) is 62.6 Å². The van der Waals surface area contributed by atoms with Crippen molar-refractivity contribution in [3.05, 3.63) is 39.9 Å². The van der Waals surface area contributed by atoms with Crippen molar-refractivity contribution >= 4 is 17.2 Å². The molecule has 1 aliphatic carbocycles. The third-order valence-electron chi connectivity index (χ3n) is 6.22. The van der Waals surface area contributed by atoms with Gasteiger partial charge in [0.05, 0.1) is 12.7 Å². The second kappa shape index (κ2) is 8.10. The summed E-state index contributed by atoms with van der Waals surface area (Å²) in [4.78, 5) is 14.1. The Bertz CT molecular complexity index is 705. The van der Waals surface area contributed by atoms with Gasteiger partial charge in [-0.25, -0.2) is 0 Å². The molecule has 7 heteroatoms. The number of hydrogen-bond acceptors (Lipinski definition) is 5. The van der Waals surface area contributed by atoms with E-state index in [1.807, 2.05) is 17.0 Å². The van der Waals surface area contributed by atoms with E-state index in [0.717, 1.165) is 44.4 Å². The topological polar surface area (TPSA) is 64.8 Å². The van der Waals surface area contributed by atoms with Gasteiger partial charge in [0.2, 0.25) is 6.04 Å². The predicted molar refractivity (Wildman–Crippen MR) is 106 cm³/mol. The monoisotopic (exact) mass is 390 g/mol. The summed E-state index contributed by atoms with van der Waals surface area (Å²) in [6.45, 7) is 1.38. The highest BCUT2D eigenvalue weighted by molar-refractivity contribution is 7.80. The van der Waals surface area contributed by atoms with Gasteiger partial charge in [0.25, 0.3) is 0 Å². The Kier molecular flexibility index (Phi) is 5.59. The van der Waals surface area contributed by atoms with Gasteiger partial charge in [-0.2, -0.15) is 0 Å². The second-order valence-electron chi connectivity index (χ2n) is 7.78. The van der Waals surface area contributed by atoms with E-state index >= 15 is 0 Å². The van der Waals surface area contributed by atoms with Crippen LogP contribution in [-0.4, -0.2) is 52.8 Å². The Morgan fingerprint density at radius 2 is 1.93 bits per heavy atom. The van der Waals surface area contributed by atoms with Crippen molar-refractivity contribution in [3.8, 4) is 5.75 Å². The first-order valence-corrected chi connectivity index (χ1v) is 10.3. The van der Waals surface area contributed by atoms with Crippen molar-refractivity contribution in [1.82, 2.24) is 4.90 Å². The summed E-state index contributed by atoms with van der Waals surface area (Å²) in [6.07, 6.45) is 5.62. The number of nitro groups is 1. The molecule has 1 saturated carbocycles. The first-order valence-electron chi connectivity index (χ1n) is 9.90. The zero-order valence-corrected chi connectivity index (χ0v) is 16.2. The van der Waals surface area contributed by atoms with Crippen LogP contribution in [0.2, 0.25) is 0 Å². The quantitative estimate of drug-likeness (QED) is 0.415. The lowest BCUT2D eigenvalue weighted by molar-refractivity contribution is -0.534. The first kappa shape index (κ1) is 18.6. The van der Waals surface area contributed by atoms with Crippen LogP contribution in [0, 0.1) is 10.1 Å². The number of benzene rings is 1. The largest absolute Gasteiger partial charge is 0.486 e. The van der Waals surface area contributed by atoms with E-state index in [1.165, 1.54) is 5.56 Å². The normalized spacial score (nSPS) is 31.6. The Balaban J connectivity index is 1.62. The maximum Gasteiger partial charge on any atom is 0.235 e. The lowest BCUT2D eigenvalue weighted by Crippen LogP contribution is -2.56. The number of thiocarbonyl (C=S) groups is 1. The van der Waals surface area contributed by atoms with Crippen molar-refractivity contribution in [1.29, 1.82) is 0 Å². The molecule has 6 nitrogen and oxygen atoms in total. The van der Waals surface area contributed by atoms with Crippen LogP contribution in [-0.2, 0) is 4.74 Å². The van der Waals surface area contributed by atoms with Crippen LogP contribution >= 0.6 is 12.2 Å². The molecule has 146 valence electrons. The number of ether oxygens (including phenoxy) is 2. The zero-order chi connectivity index (χ0) is 18.8. The Morgan fingerprint density at radius 3 is 2.70 bits per heavy atom. The molecule has 2 atom stereocenters. The molecule has 3 heterocycles. The van der Waals surface area contributed by atoms with Crippen molar-refractivity contribution in [2.24, 2.45) is 0 Å². The van der Waals surface area contributed by atoms with E-state index in [9.17, 15) is 10.1 Å². The average Bonchev–Trinajstić information content (AvgIpc) is 2.71. The van der Waals surface area contributed by atoms with E-state index in [2.05, 4.69) is 12.1 Å². The molecular weight excluding hydrogens is 364 g/mol. The smallest absolute Gasteiger partial charge is 0.235 e. The fourth-order valence-electron chi connectivity index (χ4n) is 4.74. The molecule has 0 radical (unpaired) electrons. The summed E-state index contributed by atoms with van der Waals surface area (Å²) in [5.74, 6) is 1.37. The van der Waals surface area contributed by atoms with Crippen LogP contribution < -0.4 is 4.74 Å². The van der Waals surface area contributed by atoms with Gasteiger partial charge >= 0.3 is 0 Å². The molecule has 3 aliphatic heterocycles. The minimum absolute atomic E-state index is 0.159. The number of fused-ring (bicyclic) bond motifs is 5. The van der Waals surface area contributed by atoms with Gasteiger partial charge in [0.1, 0.15) is 23.4 Å². The van der Waals surface area contributed by atoms with E-state index in [-0.39, 0.29) is 23.7 Å². The van der Waals surface area contributed by atoms with Gasteiger partial charge in [0.15, 0.2) is 0 Å². The molecule has 2 bridgehead atoms. The number of rotatable bonds is 1. The molecule has 27 heavy (non-hydrogen) atoms. The van der Waals surface area contributed by atoms with E-state index in [4.69, 9.17) is 21.7 Å². The third kappa shape index (κ3) is 3.94. The summed E-state index contributed by atoms with van der Waals surface area (Å²) in [5, 5.41) is 11.6. The molecule has 2 fully saturated rings. The molecule has 0 N–H and O–H groups in total. The van der Waals surface area contributed by atoms with Crippen LogP contribution in [0.15, 0.2) is 24.3 Å². The molecule has 1 aromatic rings. The fourth-order valence-corrected chi connectivity index (χ4v) is 5.03. The van der Waals surface area contributed by atoms with Crippen molar-refractivity contribution in [2.75, 3.05) is 19.8 Å². The first-order chi connectivity index (χ1) is 13.1. The molecule has 0 aromatic heterocycles. The molecular formula is C20H26N2O4S. The summed E-state index contributed by atoms with van der Waals surface area (Å²) in [5.41, 5.74) is 1.25. The van der Waals surface area contributed by atoms with Crippen LogP contribution in [0.25, 0.3) is 0 Å². The minimum atomic E-state index is -0.634. The van der Waals surface area contributed by atoms with Crippen LogP contribution in [0.3, 0.4) is 0 Å². The van der Waals surface area contributed by atoms with Crippen molar-refractivity contribution < 1.29 is 14.4 Å². The number of hydrogen-bond donors (Lipinski definition) is 0. The summed E-state index contributed by atoms with van der Waals surface area (Å²) in [6, 6.07) is 7.26. The third-order valence-corrected chi connectivity index (χ3v) is 6.57. The maximum absolute atomic E-state index is 11.6. The summed E-state index contributed by atoms with van der Waals surface area (Å²) in [7, 11) is 0. The molecule has 5 rings (SSSR count). The Morgan fingerprint density at radius 1 is 1.15 bits per heavy atom. The number of nitrogens with zero attached hydrogens (tertiary/aromatic N) is 2. The highest BCUT2D eigenvalue weighted by Crippen LogP contribution is 2.39. The van der Waals surface area contributed by atoms with E-state index in [0.29, 0.717) is 23.9 Å². The Labute approximate surface area is 165 Å². The van der Waals surface area contributed by atoms with Gasteiger partial charge in [-0.05, 0) is 49.7 Å².